The number of benzene rings is 4. The average Bonchev–Trinajstić information content (AvgIpc) is 3.36. The van der Waals surface area contributed by atoms with Crippen LogP contribution in [-0.2, 0) is 10.8 Å². The quantitative estimate of drug-likeness (QED) is 0.109. The summed E-state index contributed by atoms with van der Waals surface area (Å²) in [6.45, 7) is 12.8. The molecule has 0 radical (unpaired) electrons. The largest absolute Gasteiger partial charge is 0.344 e. The van der Waals surface area contributed by atoms with E-state index in [1.54, 1.807) is 0 Å². The molecule has 0 saturated heterocycles. The van der Waals surface area contributed by atoms with E-state index in [-0.39, 0.29) is 10.8 Å². The normalized spacial score (nSPS) is 18.2. The molecule has 0 N–H and O–H groups in total. The molecule has 2 aliphatic rings. The summed E-state index contributed by atoms with van der Waals surface area (Å²) in [4.78, 5) is 2.58. The van der Waals surface area contributed by atoms with Crippen molar-refractivity contribution in [3.63, 3.8) is 0 Å². The molecular weight excluding hydrogens is 532 g/mol. The molecule has 44 heavy (non-hydrogen) atoms. The van der Waals surface area contributed by atoms with Crippen molar-refractivity contribution in [3.8, 4) is 0 Å². The molecule has 0 atom stereocenters. The summed E-state index contributed by atoms with van der Waals surface area (Å²) in [5.74, 6) is 0. The van der Waals surface area contributed by atoms with Crippen molar-refractivity contribution < 1.29 is 4.58 Å². The molecule has 0 unspecified atom stereocenters. The molecule has 0 aromatic heterocycles. The first-order chi connectivity index (χ1) is 21.3. The van der Waals surface area contributed by atoms with Crippen molar-refractivity contribution in [2.45, 2.75) is 71.1 Å². The topological polar surface area (TPSA) is 6.25 Å². The van der Waals surface area contributed by atoms with Gasteiger partial charge in [0.05, 0.1) is 5.41 Å². The van der Waals surface area contributed by atoms with Gasteiger partial charge in [-0.25, -0.2) is 0 Å². The molecule has 2 aliphatic heterocycles. The SMILES string of the molecule is CCCCCCN1\C(=C/C=C/C=C/C=C/C2=[N+](C)c3ccc4ccccc4c3C2(C)C)C(C)(C)c2c1ccc1ccccc21. The number of fused-ring (bicyclic) bond motifs is 6. The Kier molecular flexibility index (Phi) is 8.20. The standard InChI is InChI=1S/C42H47N2/c1-7-8-9-19-30-44-36-29-27-32-21-16-18-23-34(32)40(36)42(4,5)38(44)25-14-12-10-11-13-24-37-41(2,3)39-33-22-17-15-20-31(33)26-28-35(39)43(37)6/h10-18,20-29H,7-9,19,30H2,1-6H3/q+1. The van der Waals surface area contributed by atoms with E-state index >= 15 is 0 Å². The molecule has 0 bridgehead atoms. The molecule has 4 aromatic carbocycles. The van der Waals surface area contributed by atoms with Gasteiger partial charge in [-0.2, -0.15) is 4.58 Å². The van der Waals surface area contributed by atoms with Crippen molar-refractivity contribution in [2.75, 3.05) is 18.5 Å². The summed E-state index contributed by atoms with van der Waals surface area (Å²) in [6, 6.07) is 26.7. The van der Waals surface area contributed by atoms with E-state index in [1.165, 1.54) is 81.1 Å². The second-order valence-corrected chi connectivity index (χ2v) is 13.4. The van der Waals surface area contributed by atoms with Crippen molar-refractivity contribution >= 4 is 38.6 Å². The van der Waals surface area contributed by atoms with Crippen LogP contribution in [-0.4, -0.2) is 23.9 Å². The smallest absolute Gasteiger partial charge is 0.210 e. The van der Waals surface area contributed by atoms with E-state index in [0.29, 0.717) is 0 Å². The lowest BCUT2D eigenvalue weighted by atomic mass is 9.79. The van der Waals surface area contributed by atoms with Crippen LogP contribution in [0.25, 0.3) is 21.5 Å². The molecule has 2 heterocycles. The predicted octanol–water partition coefficient (Wildman–Crippen LogP) is 10.9. The molecule has 4 aromatic rings. The highest BCUT2D eigenvalue weighted by Crippen LogP contribution is 2.51. The predicted molar refractivity (Wildman–Crippen MR) is 192 cm³/mol. The molecule has 0 saturated carbocycles. The van der Waals surface area contributed by atoms with Crippen LogP contribution >= 0.6 is 0 Å². The third kappa shape index (κ3) is 5.15. The number of hydrogen-bond acceptors (Lipinski definition) is 1. The summed E-state index contributed by atoms with van der Waals surface area (Å²) in [6.07, 6.45) is 20.5. The van der Waals surface area contributed by atoms with Crippen LogP contribution in [0.3, 0.4) is 0 Å². The van der Waals surface area contributed by atoms with E-state index in [2.05, 4.69) is 166 Å². The Labute approximate surface area is 264 Å². The molecular formula is C42H47N2+. The Morgan fingerprint density at radius 2 is 1.30 bits per heavy atom. The zero-order valence-electron chi connectivity index (χ0n) is 27.4. The molecule has 224 valence electrons. The van der Waals surface area contributed by atoms with Crippen LogP contribution in [0.5, 0.6) is 0 Å². The van der Waals surface area contributed by atoms with Crippen molar-refractivity contribution in [1.29, 1.82) is 0 Å². The van der Waals surface area contributed by atoms with Gasteiger partial charge in [-0.05, 0) is 65.6 Å². The fraction of sp³-hybridized carbons (Fsp3) is 0.310. The van der Waals surface area contributed by atoms with Gasteiger partial charge in [-0.3, -0.25) is 0 Å². The number of allylic oxidation sites excluding steroid dienone is 8. The highest BCUT2D eigenvalue weighted by atomic mass is 15.2. The molecule has 0 fully saturated rings. The molecule has 6 rings (SSSR count). The van der Waals surface area contributed by atoms with Crippen LogP contribution in [0.4, 0.5) is 11.4 Å². The van der Waals surface area contributed by atoms with Gasteiger partial charge in [0.15, 0.2) is 5.71 Å². The number of nitrogens with zero attached hydrogens (tertiary/aromatic N) is 2. The first-order valence-electron chi connectivity index (χ1n) is 16.4. The van der Waals surface area contributed by atoms with Gasteiger partial charge in [-0.15, -0.1) is 0 Å². The summed E-state index contributed by atoms with van der Waals surface area (Å²) in [5, 5.41) is 5.35. The second-order valence-electron chi connectivity index (χ2n) is 13.4. The Bertz CT molecular complexity index is 1860. The van der Waals surface area contributed by atoms with E-state index in [4.69, 9.17) is 0 Å². The maximum absolute atomic E-state index is 2.58. The fourth-order valence-electron chi connectivity index (χ4n) is 7.65. The zero-order valence-corrected chi connectivity index (χ0v) is 27.4. The lowest BCUT2D eigenvalue weighted by Gasteiger charge is -2.27. The van der Waals surface area contributed by atoms with Gasteiger partial charge >= 0.3 is 0 Å². The monoisotopic (exact) mass is 579 g/mol. The van der Waals surface area contributed by atoms with Gasteiger partial charge in [0.25, 0.3) is 0 Å². The number of anilines is 1. The minimum absolute atomic E-state index is 0.0661. The average molecular weight is 580 g/mol. The second kappa shape index (κ2) is 12.1. The van der Waals surface area contributed by atoms with Gasteiger partial charge in [0, 0.05) is 41.1 Å². The Hall–Kier alpha value is -4.17. The number of hydrogen-bond donors (Lipinski definition) is 0. The number of rotatable bonds is 9. The first kappa shape index (κ1) is 29.9. The molecule has 0 amide bonds. The van der Waals surface area contributed by atoms with Crippen LogP contribution in [0.2, 0.25) is 0 Å². The van der Waals surface area contributed by atoms with Gasteiger partial charge in [0.2, 0.25) is 5.69 Å². The lowest BCUT2D eigenvalue weighted by molar-refractivity contribution is -0.401. The van der Waals surface area contributed by atoms with Crippen molar-refractivity contribution in [3.05, 3.63) is 132 Å². The summed E-state index contributed by atoms with van der Waals surface area (Å²) < 4.78 is 2.35. The number of unbranched alkanes of at least 4 members (excludes halogenated alkanes) is 3. The Morgan fingerprint density at radius 1 is 0.659 bits per heavy atom. The maximum Gasteiger partial charge on any atom is 0.210 e. The van der Waals surface area contributed by atoms with Gasteiger partial charge < -0.3 is 4.90 Å². The van der Waals surface area contributed by atoms with Crippen LogP contribution < -0.4 is 4.90 Å². The Morgan fingerprint density at radius 3 is 2.02 bits per heavy atom. The Balaban J connectivity index is 1.23. The fourth-order valence-corrected chi connectivity index (χ4v) is 7.65. The molecule has 2 nitrogen and oxygen atoms in total. The zero-order chi connectivity index (χ0) is 30.9. The van der Waals surface area contributed by atoms with Gasteiger partial charge in [0.1, 0.15) is 7.05 Å². The van der Waals surface area contributed by atoms with Crippen LogP contribution in [0.1, 0.15) is 71.4 Å². The van der Waals surface area contributed by atoms with Crippen molar-refractivity contribution in [1.82, 2.24) is 0 Å². The lowest BCUT2D eigenvalue weighted by Crippen LogP contribution is -2.27. The highest BCUT2D eigenvalue weighted by Gasteiger charge is 2.44. The molecule has 0 aliphatic carbocycles. The molecule has 0 spiro atoms. The maximum atomic E-state index is 2.58. The highest BCUT2D eigenvalue weighted by molar-refractivity contribution is 6.07. The van der Waals surface area contributed by atoms with E-state index in [9.17, 15) is 0 Å². The van der Waals surface area contributed by atoms with Crippen molar-refractivity contribution in [2.24, 2.45) is 0 Å². The van der Waals surface area contributed by atoms with E-state index in [1.807, 2.05) is 0 Å². The minimum atomic E-state index is -0.0661. The minimum Gasteiger partial charge on any atom is -0.344 e. The first-order valence-corrected chi connectivity index (χ1v) is 16.4. The summed E-state index contributed by atoms with van der Waals surface area (Å²) >= 11 is 0. The van der Waals surface area contributed by atoms with Crippen LogP contribution in [0.15, 0.2) is 121 Å². The third-order valence-corrected chi connectivity index (χ3v) is 9.84. The van der Waals surface area contributed by atoms with E-state index < -0.39 is 0 Å². The summed E-state index contributed by atoms with van der Waals surface area (Å²) in [7, 11) is 2.19. The summed E-state index contributed by atoms with van der Waals surface area (Å²) in [5.41, 5.74) is 8.12. The van der Waals surface area contributed by atoms with E-state index in [0.717, 1.165) is 6.54 Å². The molecule has 2 heteroatoms. The van der Waals surface area contributed by atoms with Crippen LogP contribution in [0, 0.1) is 0 Å². The van der Waals surface area contributed by atoms with Gasteiger partial charge in [-0.1, -0.05) is 125 Å². The third-order valence-electron chi connectivity index (χ3n) is 9.84.